The van der Waals surface area contributed by atoms with Crippen LogP contribution in [0.15, 0.2) is 10.6 Å². The molecular formula is C15H27N3O. The number of hydrogen-bond acceptors (Lipinski definition) is 4. The molecule has 1 aliphatic rings. The van der Waals surface area contributed by atoms with Gasteiger partial charge in [-0.1, -0.05) is 6.92 Å². The van der Waals surface area contributed by atoms with Gasteiger partial charge in [0.2, 0.25) is 0 Å². The zero-order valence-corrected chi connectivity index (χ0v) is 12.3. The summed E-state index contributed by atoms with van der Waals surface area (Å²) in [5.41, 5.74) is 0. The number of nitrogens with one attached hydrogen (secondary N) is 1. The first-order valence-corrected chi connectivity index (χ1v) is 7.62. The topological polar surface area (TPSA) is 41.3 Å². The smallest absolute Gasteiger partial charge is 0.194 e. The van der Waals surface area contributed by atoms with Gasteiger partial charge < -0.3 is 14.6 Å². The molecule has 1 aromatic heterocycles. The molecule has 0 bridgehead atoms. The zero-order chi connectivity index (χ0) is 13.5. The van der Waals surface area contributed by atoms with Crippen LogP contribution < -0.4 is 5.32 Å². The minimum absolute atomic E-state index is 0.756. The van der Waals surface area contributed by atoms with Crippen LogP contribution in [0, 0.1) is 5.92 Å². The van der Waals surface area contributed by atoms with Gasteiger partial charge in [0.1, 0.15) is 5.76 Å². The van der Waals surface area contributed by atoms with Crippen molar-refractivity contribution in [3.05, 3.63) is 17.8 Å². The molecule has 2 rings (SSSR count). The maximum absolute atomic E-state index is 5.83. The van der Waals surface area contributed by atoms with E-state index in [-0.39, 0.29) is 0 Å². The van der Waals surface area contributed by atoms with E-state index in [1.807, 2.05) is 13.2 Å². The van der Waals surface area contributed by atoms with Gasteiger partial charge in [-0.15, -0.1) is 0 Å². The van der Waals surface area contributed by atoms with E-state index in [4.69, 9.17) is 4.42 Å². The Morgan fingerprint density at radius 3 is 2.89 bits per heavy atom. The second-order valence-corrected chi connectivity index (χ2v) is 5.51. The number of likely N-dealkylation sites (tertiary alicyclic amines) is 1. The molecule has 4 heteroatoms. The minimum Gasteiger partial charge on any atom is -0.446 e. The lowest BCUT2D eigenvalue weighted by Gasteiger charge is -2.30. The maximum atomic E-state index is 5.83. The molecule has 0 spiro atoms. The Labute approximate surface area is 116 Å². The van der Waals surface area contributed by atoms with E-state index < -0.39 is 0 Å². The average Bonchev–Trinajstić information content (AvgIpc) is 2.88. The predicted octanol–water partition coefficient (Wildman–Crippen LogP) is 2.10. The molecule has 108 valence electrons. The molecule has 0 unspecified atom stereocenters. The molecule has 1 aliphatic heterocycles. The first kappa shape index (κ1) is 14.5. The highest BCUT2D eigenvalue weighted by Gasteiger charge is 2.20. The molecule has 1 N–H and O–H groups in total. The van der Waals surface area contributed by atoms with E-state index in [0.29, 0.717) is 0 Å². The van der Waals surface area contributed by atoms with Gasteiger partial charge in [-0.2, -0.15) is 0 Å². The van der Waals surface area contributed by atoms with E-state index in [0.717, 1.165) is 43.4 Å². The van der Waals surface area contributed by atoms with E-state index in [9.17, 15) is 0 Å². The third-order valence-electron chi connectivity index (χ3n) is 4.07. The van der Waals surface area contributed by atoms with Crippen LogP contribution in [0.2, 0.25) is 0 Å². The molecule has 1 aromatic rings. The Balaban J connectivity index is 1.74. The lowest BCUT2D eigenvalue weighted by atomic mass is 9.93. The molecule has 0 aromatic carbocycles. The molecule has 0 amide bonds. The number of rotatable bonds is 7. The van der Waals surface area contributed by atoms with Crippen LogP contribution in [0.3, 0.4) is 0 Å². The van der Waals surface area contributed by atoms with E-state index in [2.05, 4.69) is 22.1 Å². The SMILES string of the molecule is CCN1CCC(Cc2ncc(CCCNC)o2)CC1. The Bertz CT molecular complexity index is 356. The molecule has 1 saturated heterocycles. The molecule has 0 aliphatic carbocycles. The molecular weight excluding hydrogens is 238 g/mol. The van der Waals surface area contributed by atoms with Gasteiger partial charge in [0.05, 0.1) is 6.20 Å². The van der Waals surface area contributed by atoms with Crippen molar-refractivity contribution in [1.82, 2.24) is 15.2 Å². The van der Waals surface area contributed by atoms with Crippen LogP contribution in [-0.2, 0) is 12.8 Å². The van der Waals surface area contributed by atoms with Gasteiger partial charge in [-0.3, -0.25) is 0 Å². The summed E-state index contributed by atoms with van der Waals surface area (Å²) in [6.45, 7) is 6.92. The number of aryl methyl sites for hydroxylation is 1. The highest BCUT2D eigenvalue weighted by molar-refractivity contribution is 4.96. The Kier molecular flexibility index (Phi) is 5.86. The van der Waals surface area contributed by atoms with Gasteiger partial charge in [0, 0.05) is 12.8 Å². The third kappa shape index (κ3) is 4.62. The van der Waals surface area contributed by atoms with Crippen LogP contribution in [0.4, 0.5) is 0 Å². The molecule has 0 radical (unpaired) electrons. The third-order valence-corrected chi connectivity index (χ3v) is 4.07. The van der Waals surface area contributed by atoms with Crippen molar-refractivity contribution < 1.29 is 4.42 Å². The number of aromatic nitrogens is 1. The van der Waals surface area contributed by atoms with Crippen molar-refractivity contribution in [3.8, 4) is 0 Å². The van der Waals surface area contributed by atoms with Gasteiger partial charge in [-0.25, -0.2) is 4.98 Å². The largest absolute Gasteiger partial charge is 0.446 e. The van der Waals surface area contributed by atoms with Crippen LogP contribution in [-0.4, -0.2) is 43.1 Å². The lowest BCUT2D eigenvalue weighted by molar-refractivity contribution is 0.186. The fourth-order valence-corrected chi connectivity index (χ4v) is 2.75. The monoisotopic (exact) mass is 265 g/mol. The fourth-order valence-electron chi connectivity index (χ4n) is 2.75. The summed E-state index contributed by atoms with van der Waals surface area (Å²) < 4.78 is 5.83. The van der Waals surface area contributed by atoms with Gasteiger partial charge in [0.15, 0.2) is 5.89 Å². The van der Waals surface area contributed by atoms with Gasteiger partial charge >= 0.3 is 0 Å². The van der Waals surface area contributed by atoms with Crippen molar-refractivity contribution in [2.75, 3.05) is 33.2 Å². The van der Waals surface area contributed by atoms with Crippen molar-refractivity contribution in [1.29, 1.82) is 0 Å². The number of nitrogens with zero attached hydrogens (tertiary/aromatic N) is 2. The Hall–Kier alpha value is -0.870. The highest BCUT2D eigenvalue weighted by Crippen LogP contribution is 2.21. The Morgan fingerprint density at radius 1 is 1.42 bits per heavy atom. The summed E-state index contributed by atoms with van der Waals surface area (Å²) in [7, 11) is 1.98. The minimum atomic E-state index is 0.756. The summed E-state index contributed by atoms with van der Waals surface area (Å²) in [4.78, 5) is 6.95. The fraction of sp³-hybridized carbons (Fsp3) is 0.800. The first-order chi connectivity index (χ1) is 9.31. The second kappa shape index (κ2) is 7.65. The molecule has 19 heavy (non-hydrogen) atoms. The van der Waals surface area contributed by atoms with Gasteiger partial charge in [-0.05, 0) is 58.4 Å². The number of hydrogen-bond donors (Lipinski definition) is 1. The van der Waals surface area contributed by atoms with Crippen molar-refractivity contribution in [2.45, 2.75) is 39.0 Å². The lowest BCUT2D eigenvalue weighted by Crippen LogP contribution is -2.34. The summed E-state index contributed by atoms with van der Waals surface area (Å²) in [5, 5.41) is 3.15. The zero-order valence-electron chi connectivity index (χ0n) is 12.3. The summed E-state index contributed by atoms with van der Waals surface area (Å²) in [6.07, 6.45) is 7.59. The van der Waals surface area contributed by atoms with Crippen molar-refractivity contribution in [2.24, 2.45) is 5.92 Å². The average molecular weight is 265 g/mol. The second-order valence-electron chi connectivity index (χ2n) is 5.51. The van der Waals surface area contributed by atoms with E-state index in [1.54, 1.807) is 0 Å². The number of piperidine rings is 1. The van der Waals surface area contributed by atoms with Crippen LogP contribution in [0.25, 0.3) is 0 Å². The van der Waals surface area contributed by atoms with Gasteiger partial charge in [0.25, 0.3) is 0 Å². The highest BCUT2D eigenvalue weighted by atomic mass is 16.4. The molecule has 2 heterocycles. The normalized spacial score (nSPS) is 18.0. The molecule has 4 nitrogen and oxygen atoms in total. The van der Waals surface area contributed by atoms with Crippen LogP contribution >= 0.6 is 0 Å². The summed E-state index contributed by atoms with van der Waals surface area (Å²) >= 11 is 0. The molecule has 0 atom stereocenters. The van der Waals surface area contributed by atoms with E-state index in [1.165, 1.54) is 32.5 Å². The first-order valence-electron chi connectivity index (χ1n) is 7.62. The van der Waals surface area contributed by atoms with Crippen molar-refractivity contribution in [3.63, 3.8) is 0 Å². The molecule has 1 fully saturated rings. The predicted molar refractivity (Wildman–Crippen MR) is 77.3 cm³/mol. The van der Waals surface area contributed by atoms with Crippen LogP contribution in [0.5, 0.6) is 0 Å². The Morgan fingerprint density at radius 2 is 2.21 bits per heavy atom. The maximum Gasteiger partial charge on any atom is 0.194 e. The standard InChI is InChI=1S/C15H27N3O/c1-3-18-9-6-13(7-10-18)11-15-17-12-14(19-15)5-4-8-16-2/h12-13,16H,3-11H2,1-2H3. The number of oxazole rings is 1. The molecule has 0 saturated carbocycles. The van der Waals surface area contributed by atoms with Crippen molar-refractivity contribution >= 4 is 0 Å². The summed E-state index contributed by atoms with van der Waals surface area (Å²) in [6, 6.07) is 0. The van der Waals surface area contributed by atoms with E-state index >= 15 is 0 Å². The van der Waals surface area contributed by atoms with Crippen LogP contribution in [0.1, 0.15) is 37.8 Å². The summed E-state index contributed by atoms with van der Waals surface area (Å²) in [5.74, 6) is 2.73. The quantitative estimate of drug-likeness (QED) is 0.767.